The number of carbonyl (C=O) groups is 1. The molecule has 1 fully saturated rings. The van der Waals surface area contributed by atoms with Crippen LogP contribution in [0.15, 0.2) is 49.1 Å². The van der Waals surface area contributed by atoms with Crippen molar-refractivity contribution in [3.63, 3.8) is 0 Å². The Hall–Kier alpha value is -2.84. The molecule has 9 heteroatoms. The van der Waals surface area contributed by atoms with Gasteiger partial charge in [-0.15, -0.1) is 5.10 Å². The monoisotopic (exact) mass is 383 g/mol. The van der Waals surface area contributed by atoms with Gasteiger partial charge in [-0.1, -0.05) is 17.7 Å². The van der Waals surface area contributed by atoms with Gasteiger partial charge in [0.25, 0.3) is 5.91 Å². The maximum Gasteiger partial charge on any atom is 0.256 e. The van der Waals surface area contributed by atoms with E-state index in [1.54, 1.807) is 24.4 Å². The van der Waals surface area contributed by atoms with Gasteiger partial charge >= 0.3 is 0 Å². The van der Waals surface area contributed by atoms with E-state index in [1.165, 1.54) is 16.6 Å². The van der Waals surface area contributed by atoms with Crippen LogP contribution in [0.25, 0.3) is 5.69 Å². The van der Waals surface area contributed by atoms with Crippen molar-refractivity contribution in [3.8, 4) is 5.69 Å². The Bertz CT molecular complexity index is 909. The van der Waals surface area contributed by atoms with E-state index in [0.717, 1.165) is 19.6 Å². The molecule has 0 unspecified atom stereocenters. The molecule has 138 valence electrons. The van der Waals surface area contributed by atoms with Crippen molar-refractivity contribution < 1.29 is 4.79 Å². The van der Waals surface area contributed by atoms with Gasteiger partial charge in [0.2, 0.25) is 0 Å². The third-order valence-electron chi connectivity index (χ3n) is 4.57. The normalized spacial score (nSPS) is 15.1. The third kappa shape index (κ3) is 3.96. The van der Waals surface area contributed by atoms with Crippen LogP contribution in [-0.2, 0) is 6.54 Å². The van der Waals surface area contributed by atoms with Crippen LogP contribution >= 0.6 is 11.6 Å². The molecule has 0 N–H and O–H groups in total. The van der Waals surface area contributed by atoms with E-state index >= 15 is 0 Å². The zero-order chi connectivity index (χ0) is 18.6. The summed E-state index contributed by atoms with van der Waals surface area (Å²) in [5, 5.41) is 11.7. The van der Waals surface area contributed by atoms with Gasteiger partial charge in [0, 0.05) is 50.1 Å². The number of piperazine rings is 1. The summed E-state index contributed by atoms with van der Waals surface area (Å²) in [6.07, 6.45) is 5.11. The fourth-order valence-electron chi connectivity index (χ4n) is 3.18. The number of rotatable bonds is 4. The van der Waals surface area contributed by atoms with Crippen LogP contribution in [-0.4, -0.2) is 67.1 Å². The van der Waals surface area contributed by atoms with Crippen molar-refractivity contribution in [1.29, 1.82) is 0 Å². The van der Waals surface area contributed by atoms with Crippen molar-refractivity contribution in [1.82, 2.24) is 35.0 Å². The fraction of sp³-hybridized carbons (Fsp3) is 0.278. The highest BCUT2D eigenvalue weighted by molar-refractivity contribution is 6.31. The van der Waals surface area contributed by atoms with Crippen LogP contribution in [0, 0.1) is 0 Å². The topological polar surface area (TPSA) is 80.0 Å². The highest BCUT2D eigenvalue weighted by atomic mass is 35.5. The molecule has 8 nitrogen and oxygen atoms in total. The van der Waals surface area contributed by atoms with E-state index in [4.69, 9.17) is 11.6 Å². The Morgan fingerprint density at radius 2 is 2.00 bits per heavy atom. The van der Waals surface area contributed by atoms with Crippen LogP contribution in [0.3, 0.4) is 0 Å². The summed E-state index contributed by atoms with van der Waals surface area (Å²) in [5.41, 5.74) is 2.29. The first-order valence-corrected chi connectivity index (χ1v) is 9.02. The number of aromatic nitrogens is 5. The van der Waals surface area contributed by atoms with Gasteiger partial charge in [-0.05, 0) is 40.3 Å². The molecule has 27 heavy (non-hydrogen) atoms. The molecular formula is C18H18ClN7O. The molecule has 0 bridgehead atoms. The highest BCUT2D eigenvalue weighted by Gasteiger charge is 2.25. The van der Waals surface area contributed by atoms with Crippen LogP contribution in [0.2, 0.25) is 5.02 Å². The number of hydrogen-bond acceptors (Lipinski definition) is 6. The molecule has 1 saturated heterocycles. The van der Waals surface area contributed by atoms with E-state index in [1.807, 2.05) is 17.2 Å². The molecule has 0 saturated carbocycles. The second-order valence-corrected chi connectivity index (χ2v) is 6.78. The van der Waals surface area contributed by atoms with E-state index in [0.29, 0.717) is 29.4 Å². The molecule has 4 rings (SSSR count). The minimum absolute atomic E-state index is 0.0657. The first kappa shape index (κ1) is 17.6. The summed E-state index contributed by atoms with van der Waals surface area (Å²) >= 11 is 6.13. The second kappa shape index (κ2) is 7.81. The van der Waals surface area contributed by atoms with Crippen LogP contribution in [0.4, 0.5) is 0 Å². The Balaban J connectivity index is 1.46. The van der Waals surface area contributed by atoms with Crippen molar-refractivity contribution in [2.24, 2.45) is 0 Å². The largest absolute Gasteiger partial charge is 0.336 e. The smallest absolute Gasteiger partial charge is 0.256 e. The molecule has 1 aliphatic rings. The van der Waals surface area contributed by atoms with Gasteiger partial charge in [-0.25, -0.2) is 0 Å². The molecule has 0 aliphatic carbocycles. The number of pyridine rings is 1. The Kier molecular flexibility index (Phi) is 5.08. The van der Waals surface area contributed by atoms with Gasteiger partial charge in [0.1, 0.15) is 6.33 Å². The molecule has 0 spiro atoms. The van der Waals surface area contributed by atoms with Crippen LogP contribution in [0.1, 0.15) is 15.9 Å². The summed E-state index contributed by atoms with van der Waals surface area (Å²) in [4.78, 5) is 21.4. The van der Waals surface area contributed by atoms with Gasteiger partial charge in [0.05, 0.1) is 11.3 Å². The van der Waals surface area contributed by atoms with Crippen molar-refractivity contribution >= 4 is 17.5 Å². The zero-order valence-corrected chi connectivity index (χ0v) is 15.3. The lowest BCUT2D eigenvalue weighted by Gasteiger charge is -2.35. The summed E-state index contributed by atoms with van der Waals surface area (Å²) in [5.74, 6) is -0.0657. The van der Waals surface area contributed by atoms with Crippen molar-refractivity contribution in [2.75, 3.05) is 26.2 Å². The summed E-state index contributed by atoms with van der Waals surface area (Å²) in [6, 6.07) is 9.15. The molecule has 0 atom stereocenters. The minimum Gasteiger partial charge on any atom is -0.336 e. The molecule has 3 heterocycles. The van der Waals surface area contributed by atoms with E-state index in [-0.39, 0.29) is 5.91 Å². The highest BCUT2D eigenvalue weighted by Crippen LogP contribution is 2.21. The van der Waals surface area contributed by atoms with Crippen LogP contribution < -0.4 is 0 Å². The molecule has 3 aromatic rings. The van der Waals surface area contributed by atoms with Gasteiger partial charge < -0.3 is 4.90 Å². The molecule has 1 aromatic carbocycles. The van der Waals surface area contributed by atoms with Crippen molar-refractivity contribution in [2.45, 2.75) is 6.54 Å². The molecule has 2 aromatic heterocycles. The SMILES string of the molecule is O=C(c1cc(Cl)ccc1-n1cnnn1)N1CCN(Cc2cccnc2)CC1. The lowest BCUT2D eigenvalue weighted by molar-refractivity contribution is 0.0628. The number of tetrazole rings is 1. The molecule has 0 radical (unpaired) electrons. The number of benzene rings is 1. The number of carbonyl (C=O) groups excluding carboxylic acids is 1. The lowest BCUT2D eigenvalue weighted by atomic mass is 10.1. The quantitative estimate of drug-likeness (QED) is 0.681. The molecule has 1 amide bonds. The number of hydrogen-bond donors (Lipinski definition) is 0. The molecular weight excluding hydrogens is 366 g/mol. The second-order valence-electron chi connectivity index (χ2n) is 6.35. The molecule has 1 aliphatic heterocycles. The summed E-state index contributed by atoms with van der Waals surface area (Å²) in [7, 11) is 0. The van der Waals surface area contributed by atoms with Crippen LogP contribution in [0.5, 0.6) is 0 Å². The minimum atomic E-state index is -0.0657. The van der Waals surface area contributed by atoms with Gasteiger partial charge in [-0.3, -0.25) is 14.7 Å². The number of nitrogens with zero attached hydrogens (tertiary/aromatic N) is 7. The van der Waals surface area contributed by atoms with E-state index in [2.05, 4.69) is 31.5 Å². The van der Waals surface area contributed by atoms with Gasteiger partial charge in [0.15, 0.2) is 0 Å². The maximum absolute atomic E-state index is 13.1. The third-order valence-corrected chi connectivity index (χ3v) is 4.81. The van der Waals surface area contributed by atoms with E-state index < -0.39 is 0 Å². The Labute approximate surface area is 161 Å². The number of halogens is 1. The first-order chi connectivity index (χ1) is 13.2. The fourth-order valence-corrected chi connectivity index (χ4v) is 3.35. The van der Waals surface area contributed by atoms with Crippen molar-refractivity contribution in [3.05, 3.63) is 65.2 Å². The van der Waals surface area contributed by atoms with E-state index in [9.17, 15) is 4.79 Å². The summed E-state index contributed by atoms with van der Waals surface area (Å²) in [6.45, 7) is 3.76. The lowest BCUT2D eigenvalue weighted by Crippen LogP contribution is -2.48. The standard InChI is InChI=1S/C18H18ClN7O/c19-15-3-4-17(26-13-21-22-23-26)16(10-15)18(27)25-8-6-24(7-9-25)12-14-2-1-5-20-11-14/h1-5,10-11,13H,6-9,12H2. The first-order valence-electron chi connectivity index (χ1n) is 8.64. The predicted molar refractivity (Wildman–Crippen MR) is 99.6 cm³/mol. The predicted octanol–water partition coefficient (Wildman–Crippen LogP) is 1.67. The number of amides is 1. The summed E-state index contributed by atoms with van der Waals surface area (Å²) < 4.78 is 1.47. The Morgan fingerprint density at radius 1 is 1.15 bits per heavy atom. The Morgan fingerprint density at radius 3 is 2.70 bits per heavy atom. The zero-order valence-electron chi connectivity index (χ0n) is 14.6. The average Bonchev–Trinajstić information content (AvgIpc) is 3.23. The maximum atomic E-state index is 13.1. The van der Waals surface area contributed by atoms with Gasteiger partial charge in [-0.2, -0.15) is 4.68 Å². The average molecular weight is 384 g/mol.